The third-order valence-electron chi connectivity index (χ3n) is 5.05. The minimum absolute atomic E-state index is 0.00460. The van der Waals surface area contributed by atoms with Crippen molar-refractivity contribution in [2.75, 3.05) is 0 Å². The van der Waals surface area contributed by atoms with E-state index in [0.29, 0.717) is 10.6 Å². The molecule has 2 heterocycles. The average Bonchev–Trinajstić information content (AvgIpc) is 3.07. The van der Waals surface area contributed by atoms with Crippen molar-refractivity contribution >= 4 is 21.4 Å². The van der Waals surface area contributed by atoms with Crippen LogP contribution in [0.2, 0.25) is 5.02 Å². The number of halogens is 4. The van der Waals surface area contributed by atoms with Crippen molar-refractivity contribution in [1.82, 2.24) is 14.1 Å². The molecule has 12 heteroatoms. The molecule has 4 aromatic rings. The van der Waals surface area contributed by atoms with Gasteiger partial charge in [0, 0.05) is 23.0 Å². The van der Waals surface area contributed by atoms with Crippen molar-refractivity contribution in [2.24, 2.45) is 0 Å². The lowest BCUT2D eigenvalue weighted by Gasteiger charge is -2.10. The number of sulfone groups is 1. The fourth-order valence-corrected chi connectivity index (χ4v) is 4.26. The second-order valence-corrected chi connectivity index (χ2v) is 9.59. The molecule has 0 aliphatic rings. The number of hydrogen-bond donors (Lipinski definition) is 1. The fourth-order valence-electron chi connectivity index (χ4n) is 3.38. The molecule has 0 saturated carbocycles. The van der Waals surface area contributed by atoms with Gasteiger partial charge in [0.15, 0.2) is 0 Å². The molecule has 4 rings (SSSR count). The molecule has 2 aromatic heterocycles. The first-order valence-corrected chi connectivity index (χ1v) is 11.5. The van der Waals surface area contributed by atoms with Gasteiger partial charge in [0.2, 0.25) is 5.88 Å². The zero-order valence-electron chi connectivity index (χ0n) is 17.1. The quantitative estimate of drug-likeness (QED) is 0.430. The summed E-state index contributed by atoms with van der Waals surface area (Å²) in [5, 5.41) is 10.9. The Bertz CT molecular complexity index is 1510. The van der Waals surface area contributed by atoms with E-state index in [2.05, 4.69) is 4.98 Å². The summed E-state index contributed by atoms with van der Waals surface area (Å²) in [6, 6.07) is 12.2. The molecular weight excluding hydrogens is 495 g/mol. The third-order valence-corrected chi connectivity index (χ3v) is 6.81. The molecule has 0 unspecified atom stereocenters. The lowest BCUT2D eigenvalue weighted by atomic mass is 10.0. The number of imidazole rings is 1. The summed E-state index contributed by atoms with van der Waals surface area (Å²) in [6.45, 7) is 0.0560. The monoisotopic (exact) mass is 509 g/mol. The first kappa shape index (κ1) is 23.6. The second-order valence-electron chi connectivity index (χ2n) is 7.22. The minimum atomic E-state index is -5.53. The van der Waals surface area contributed by atoms with Crippen molar-refractivity contribution < 1.29 is 26.7 Å². The number of aromatic hydroxyl groups is 1. The minimum Gasteiger partial charge on any atom is -0.493 e. The Morgan fingerprint density at radius 1 is 1.00 bits per heavy atom. The summed E-state index contributed by atoms with van der Waals surface area (Å²) in [5.74, 6) is -0.474. The van der Waals surface area contributed by atoms with Gasteiger partial charge in [-0.05, 0) is 53.6 Å². The third kappa shape index (κ3) is 4.31. The van der Waals surface area contributed by atoms with Gasteiger partial charge in [-0.25, -0.2) is 17.8 Å². The SMILES string of the molecule is O=c1n(Cc2ccncc2-c2ccc(Cl)cc2)cc(O)n1-c1ccc(S(=O)(=O)C(F)(F)F)cc1. The number of pyridine rings is 1. The Morgan fingerprint density at radius 2 is 1.65 bits per heavy atom. The van der Waals surface area contributed by atoms with Crippen LogP contribution in [0.5, 0.6) is 5.88 Å². The number of hydrogen-bond acceptors (Lipinski definition) is 5. The fraction of sp³-hybridized carbons (Fsp3) is 0.0909. The predicted octanol–water partition coefficient (Wildman–Crippen LogP) is 4.40. The molecule has 0 bridgehead atoms. The van der Waals surface area contributed by atoms with E-state index in [4.69, 9.17) is 11.6 Å². The molecule has 2 aromatic carbocycles. The van der Waals surface area contributed by atoms with E-state index in [1.807, 2.05) is 0 Å². The van der Waals surface area contributed by atoms with Crippen LogP contribution in [0.3, 0.4) is 0 Å². The van der Waals surface area contributed by atoms with Gasteiger partial charge in [-0.1, -0.05) is 23.7 Å². The van der Waals surface area contributed by atoms with Crippen LogP contribution in [-0.2, 0) is 16.4 Å². The highest BCUT2D eigenvalue weighted by Gasteiger charge is 2.46. The van der Waals surface area contributed by atoms with Crippen molar-refractivity contribution in [3.63, 3.8) is 0 Å². The second kappa shape index (κ2) is 8.65. The van der Waals surface area contributed by atoms with Crippen molar-refractivity contribution in [3.05, 3.63) is 94.3 Å². The Hall–Kier alpha value is -3.57. The zero-order chi connectivity index (χ0) is 24.7. The largest absolute Gasteiger partial charge is 0.501 e. The summed E-state index contributed by atoms with van der Waals surface area (Å²) >= 11 is 5.94. The molecule has 0 atom stereocenters. The highest BCUT2D eigenvalue weighted by molar-refractivity contribution is 7.92. The Balaban J connectivity index is 1.69. The maximum absolute atomic E-state index is 13.0. The van der Waals surface area contributed by atoms with Crippen LogP contribution in [0.4, 0.5) is 13.2 Å². The number of aromatic nitrogens is 3. The molecule has 0 aliphatic heterocycles. The highest BCUT2D eigenvalue weighted by Crippen LogP contribution is 2.31. The van der Waals surface area contributed by atoms with Crippen LogP contribution in [0.1, 0.15) is 5.56 Å². The van der Waals surface area contributed by atoms with E-state index in [1.165, 1.54) is 10.8 Å². The van der Waals surface area contributed by atoms with Gasteiger partial charge in [0.05, 0.1) is 23.3 Å². The topological polar surface area (TPSA) is 94.2 Å². The molecule has 34 heavy (non-hydrogen) atoms. The van der Waals surface area contributed by atoms with E-state index >= 15 is 0 Å². The highest BCUT2D eigenvalue weighted by atomic mass is 35.5. The van der Waals surface area contributed by atoms with Crippen LogP contribution in [0.15, 0.2) is 82.9 Å². The van der Waals surface area contributed by atoms with Crippen LogP contribution < -0.4 is 5.69 Å². The molecule has 0 fully saturated rings. The molecule has 176 valence electrons. The summed E-state index contributed by atoms with van der Waals surface area (Å²) in [4.78, 5) is 16.1. The van der Waals surface area contributed by atoms with Gasteiger partial charge in [0.25, 0.3) is 9.84 Å². The van der Waals surface area contributed by atoms with Crippen LogP contribution in [0.25, 0.3) is 16.8 Å². The van der Waals surface area contributed by atoms with Crippen molar-refractivity contribution in [1.29, 1.82) is 0 Å². The summed E-state index contributed by atoms with van der Waals surface area (Å²) in [7, 11) is -5.53. The van der Waals surface area contributed by atoms with E-state index in [1.54, 1.807) is 42.7 Å². The number of alkyl halides is 3. The van der Waals surface area contributed by atoms with Gasteiger partial charge in [-0.3, -0.25) is 9.55 Å². The summed E-state index contributed by atoms with van der Waals surface area (Å²) < 4.78 is 63.4. The number of benzene rings is 2. The molecule has 0 spiro atoms. The Morgan fingerprint density at radius 3 is 2.26 bits per heavy atom. The molecule has 7 nitrogen and oxygen atoms in total. The van der Waals surface area contributed by atoms with Gasteiger partial charge in [-0.15, -0.1) is 0 Å². The Kier molecular flexibility index (Phi) is 6.00. The molecule has 0 amide bonds. The van der Waals surface area contributed by atoms with Crippen LogP contribution in [-0.4, -0.2) is 33.2 Å². The normalized spacial score (nSPS) is 12.1. The first-order valence-electron chi connectivity index (χ1n) is 9.61. The lowest BCUT2D eigenvalue weighted by Crippen LogP contribution is -2.24. The van der Waals surface area contributed by atoms with Gasteiger partial charge < -0.3 is 5.11 Å². The molecular formula is C22H15ClF3N3O4S. The van der Waals surface area contributed by atoms with Crippen LogP contribution in [0, 0.1) is 0 Å². The molecule has 0 saturated heterocycles. The zero-order valence-corrected chi connectivity index (χ0v) is 18.6. The number of nitrogens with zero attached hydrogens (tertiary/aromatic N) is 3. The smallest absolute Gasteiger partial charge is 0.493 e. The predicted molar refractivity (Wildman–Crippen MR) is 119 cm³/mol. The van der Waals surface area contributed by atoms with Gasteiger partial charge in [0.1, 0.15) is 0 Å². The van der Waals surface area contributed by atoms with E-state index in [-0.39, 0.29) is 12.2 Å². The molecule has 1 N–H and O–H groups in total. The summed E-state index contributed by atoms with van der Waals surface area (Å²) in [5.41, 5.74) is -3.88. The maximum Gasteiger partial charge on any atom is 0.501 e. The standard InChI is InChI=1S/C22H15ClF3N3O4S/c23-16-3-1-14(2-4-16)19-11-27-10-9-15(19)12-28-13-20(30)29(21(28)31)17-5-7-18(8-6-17)34(32,33)22(24,25)26/h1-11,13,30H,12H2. The Labute approximate surface area is 196 Å². The average molecular weight is 510 g/mol. The van der Waals surface area contributed by atoms with Crippen molar-refractivity contribution in [2.45, 2.75) is 16.9 Å². The van der Waals surface area contributed by atoms with Gasteiger partial charge >= 0.3 is 11.2 Å². The summed E-state index contributed by atoms with van der Waals surface area (Å²) in [6.07, 6.45) is 4.35. The van der Waals surface area contributed by atoms with Gasteiger partial charge in [-0.2, -0.15) is 13.2 Å². The number of rotatable bonds is 5. The lowest BCUT2D eigenvalue weighted by molar-refractivity contribution is -0.0436. The van der Waals surface area contributed by atoms with E-state index < -0.39 is 31.8 Å². The first-order chi connectivity index (χ1) is 16.0. The van der Waals surface area contributed by atoms with E-state index in [9.17, 15) is 31.5 Å². The molecule has 0 radical (unpaired) electrons. The molecule has 0 aliphatic carbocycles. The van der Waals surface area contributed by atoms with E-state index in [0.717, 1.165) is 40.0 Å². The van der Waals surface area contributed by atoms with Crippen molar-refractivity contribution in [3.8, 4) is 22.7 Å². The maximum atomic E-state index is 13.0. The van der Waals surface area contributed by atoms with Crippen LogP contribution >= 0.6 is 11.6 Å².